The molecule has 3 heteroatoms. The van der Waals surface area contributed by atoms with Crippen LogP contribution in [0.4, 0.5) is 0 Å². The number of nitrogens with one attached hydrogen (secondary N) is 1. The third-order valence-electron chi connectivity index (χ3n) is 1.02. The molecule has 1 heterocycles. The highest BCUT2D eigenvalue weighted by atomic mass is 79.9. The molecule has 2 nitrogen and oxygen atoms in total. The van der Waals surface area contributed by atoms with Crippen molar-refractivity contribution >= 4 is 15.9 Å². The van der Waals surface area contributed by atoms with Gasteiger partial charge < -0.3 is 4.98 Å². The minimum Gasteiger partial charge on any atom is -0.348 e. The zero-order chi connectivity index (χ0) is 7.98. The lowest BCUT2D eigenvalue weighted by atomic mass is 10.4. The van der Waals surface area contributed by atoms with Crippen molar-refractivity contribution < 1.29 is 0 Å². The molecule has 10 heavy (non-hydrogen) atoms. The van der Waals surface area contributed by atoms with Crippen LogP contribution in [-0.2, 0) is 6.42 Å². The molecule has 58 valence electrons. The Morgan fingerprint density at radius 3 is 2.40 bits per heavy atom. The van der Waals surface area contributed by atoms with E-state index >= 15 is 0 Å². The molecule has 1 aromatic heterocycles. The molecule has 0 radical (unpaired) electrons. The first-order valence-corrected chi connectivity index (χ1v) is 4.31. The molecular weight excluding hydrogens is 192 g/mol. The second-order valence-electron chi connectivity index (χ2n) is 1.53. The van der Waals surface area contributed by atoms with E-state index in [1.54, 1.807) is 6.33 Å². The molecule has 0 spiro atoms. The van der Waals surface area contributed by atoms with Gasteiger partial charge in [0.25, 0.3) is 0 Å². The Morgan fingerprint density at radius 2 is 2.20 bits per heavy atom. The number of rotatable bonds is 1. The van der Waals surface area contributed by atoms with E-state index in [0.29, 0.717) is 0 Å². The monoisotopic (exact) mass is 204 g/mol. The summed E-state index contributed by atoms with van der Waals surface area (Å²) in [5, 5.41) is 0. The fourth-order valence-corrected chi connectivity index (χ4v) is 1.05. The molecule has 0 fully saturated rings. The molecule has 0 aromatic carbocycles. The molecule has 0 amide bonds. The van der Waals surface area contributed by atoms with E-state index < -0.39 is 0 Å². The molecular formula is C7H13BrN2. The molecule has 0 unspecified atom stereocenters. The van der Waals surface area contributed by atoms with Crippen LogP contribution < -0.4 is 0 Å². The van der Waals surface area contributed by atoms with Crippen molar-refractivity contribution in [1.29, 1.82) is 0 Å². The van der Waals surface area contributed by atoms with Crippen LogP contribution in [0.3, 0.4) is 0 Å². The summed E-state index contributed by atoms with van der Waals surface area (Å²) in [7, 11) is 0. The van der Waals surface area contributed by atoms with Crippen molar-refractivity contribution in [3.63, 3.8) is 0 Å². The summed E-state index contributed by atoms with van der Waals surface area (Å²) < 4.78 is 0.931. The molecule has 0 saturated carbocycles. The zero-order valence-electron chi connectivity index (χ0n) is 6.61. The zero-order valence-corrected chi connectivity index (χ0v) is 8.20. The van der Waals surface area contributed by atoms with Crippen molar-refractivity contribution in [1.82, 2.24) is 9.97 Å². The van der Waals surface area contributed by atoms with Gasteiger partial charge in [0.1, 0.15) is 4.60 Å². The third-order valence-corrected chi connectivity index (χ3v) is 1.70. The van der Waals surface area contributed by atoms with E-state index in [0.717, 1.165) is 16.7 Å². The van der Waals surface area contributed by atoms with E-state index in [9.17, 15) is 0 Å². The number of aromatic amines is 1. The molecule has 0 atom stereocenters. The molecule has 0 aliphatic rings. The number of halogens is 1. The van der Waals surface area contributed by atoms with Gasteiger partial charge in [-0.1, -0.05) is 20.8 Å². The van der Waals surface area contributed by atoms with Crippen LogP contribution >= 0.6 is 15.9 Å². The fourth-order valence-electron chi connectivity index (χ4n) is 0.552. The molecule has 1 rings (SSSR count). The van der Waals surface area contributed by atoms with Gasteiger partial charge in [-0.2, -0.15) is 0 Å². The summed E-state index contributed by atoms with van der Waals surface area (Å²) in [4.78, 5) is 6.95. The summed E-state index contributed by atoms with van der Waals surface area (Å²) in [6.45, 7) is 6.08. The first-order chi connectivity index (χ1) is 4.84. The van der Waals surface area contributed by atoms with E-state index in [2.05, 4.69) is 32.8 Å². The van der Waals surface area contributed by atoms with Crippen LogP contribution in [0.15, 0.2) is 10.9 Å². The predicted molar refractivity (Wildman–Crippen MR) is 47.0 cm³/mol. The summed E-state index contributed by atoms with van der Waals surface area (Å²) in [6.07, 6.45) is 2.68. The average molecular weight is 205 g/mol. The second-order valence-corrected chi connectivity index (χ2v) is 2.28. The Bertz CT molecular complexity index is 172. The smallest absolute Gasteiger partial charge is 0.127 e. The van der Waals surface area contributed by atoms with Gasteiger partial charge in [0.2, 0.25) is 0 Å². The van der Waals surface area contributed by atoms with Gasteiger partial charge in [0.05, 0.1) is 6.33 Å². The first-order valence-electron chi connectivity index (χ1n) is 3.52. The molecule has 0 aliphatic heterocycles. The van der Waals surface area contributed by atoms with Crippen LogP contribution in [0.5, 0.6) is 0 Å². The standard InChI is InChI=1S/C5H7BrN2.C2H6/c1-2-4-5(6)8-3-7-4;1-2/h3H,2H2,1H3,(H,7,8);1-2H3. The van der Waals surface area contributed by atoms with Crippen LogP contribution in [0.1, 0.15) is 26.5 Å². The van der Waals surface area contributed by atoms with E-state index in [1.807, 2.05) is 13.8 Å². The van der Waals surface area contributed by atoms with E-state index in [-0.39, 0.29) is 0 Å². The van der Waals surface area contributed by atoms with E-state index in [4.69, 9.17) is 0 Å². The molecule has 0 bridgehead atoms. The Morgan fingerprint density at radius 1 is 1.60 bits per heavy atom. The Balaban J connectivity index is 0.000000371. The van der Waals surface area contributed by atoms with Crippen LogP contribution in [0.25, 0.3) is 0 Å². The Hall–Kier alpha value is -0.310. The highest BCUT2D eigenvalue weighted by Crippen LogP contribution is 2.09. The summed E-state index contributed by atoms with van der Waals surface area (Å²) in [5.74, 6) is 0. The number of hydrogen-bond acceptors (Lipinski definition) is 1. The van der Waals surface area contributed by atoms with Gasteiger partial charge in [-0.15, -0.1) is 0 Å². The van der Waals surface area contributed by atoms with Crippen LogP contribution in [0, 0.1) is 0 Å². The van der Waals surface area contributed by atoms with Gasteiger partial charge in [-0.3, -0.25) is 0 Å². The van der Waals surface area contributed by atoms with Gasteiger partial charge >= 0.3 is 0 Å². The summed E-state index contributed by atoms with van der Waals surface area (Å²) in [5.41, 5.74) is 1.16. The van der Waals surface area contributed by atoms with Gasteiger partial charge in [-0.05, 0) is 22.4 Å². The van der Waals surface area contributed by atoms with Crippen molar-refractivity contribution in [3.05, 3.63) is 16.6 Å². The van der Waals surface area contributed by atoms with Crippen molar-refractivity contribution in [3.8, 4) is 0 Å². The SMILES string of the molecule is CC.CCc1[nH]cnc1Br. The highest BCUT2D eigenvalue weighted by molar-refractivity contribution is 9.10. The van der Waals surface area contributed by atoms with Gasteiger partial charge in [-0.25, -0.2) is 4.98 Å². The van der Waals surface area contributed by atoms with Crippen molar-refractivity contribution in [2.45, 2.75) is 27.2 Å². The predicted octanol–water partition coefficient (Wildman–Crippen LogP) is 2.76. The molecule has 1 N–H and O–H groups in total. The molecule has 0 saturated heterocycles. The largest absolute Gasteiger partial charge is 0.348 e. The number of aromatic nitrogens is 2. The maximum absolute atomic E-state index is 3.95. The average Bonchev–Trinajstić information content (AvgIpc) is 2.39. The topological polar surface area (TPSA) is 28.7 Å². The Labute approximate surface area is 70.2 Å². The molecule has 1 aromatic rings. The molecule has 0 aliphatic carbocycles. The quantitative estimate of drug-likeness (QED) is 0.750. The maximum Gasteiger partial charge on any atom is 0.127 e. The second kappa shape index (κ2) is 5.47. The Kier molecular flexibility index (Phi) is 5.30. The summed E-state index contributed by atoms with van der Waals surface area (Å²) in [6, 6.07) is 0. The number of aryl methyl sites for hydroxylation is 1. The van der Waals surface area contributed by atoms with Gasteiger partial charge in [0.15, 0.2) is 0 Å². The lowest BCUT2D eigenvalue weighted by Gasteiger charge is -1.85. The fraction of sp³-hybridized carbons (Fsp3) is 0.571. The van der Waals surface area contributed by atoms with Gasteiger partial charge in [0, 0.05) is 5.69 Å². The first kappa shape index (κ1) is 9.69. The minimum atomic E-state index is 0.931. The van der Waals surface area contributed by atoms with Crippen LogP contribution in [0.2, 0.25) is 0 Å². The van der Waals surface area contributed by atoms with Crippen molar-refractivity contribution in [2.75, 3.05) is 0 Å². The van der Waals surface area contributed by atoms with Crippen molar-refractivity contribution in [2.24, 2.45) is 0 Å². The lowest BCUT2D eigenvalue weighted by molar-refractivity contribution is 1.05. The third kappa shape index (κ3) is 2.52. The number of nitrogens with zero attached hydrogens (tertiary/aromatic N) is 1. The number of hydrogen-bond donors (Lipinski definition) is 1. The van der Waals surface area contributed by atoms with Crippen LogP contribution in [-0.4, -0.2) is 9.97 Å². The minimum absolute atomic E-state index is 0.931. The normalized spacial score (nSPS) is 8.40. The lowest BCUT2D eigenvalue weighted by Crippen LogP contribution is -1.77. The summed E-state index contributed by atoms with van der Waals surface area (Å²) >= 11 is 3.28. The number of H-pyrrole nitrogens is 1. The maximum atomic E-state index is 3.95. The van der Waals surface area contributed by atoms with E-state index in [1.165, 1.54) is 0 Å². The highest BCUT2D eigenvalue weighted by Gasteiger charge is 1.95. The number of imidazole rings is 1.